The summed E-state index contributed by atoms with van der Waals surface area (Å²) in [6.07, 6.45) is 2.99. The van der Waals surface area contributed by atoms with Gasteiger partial charge in [0.05, 0.1) is 24.9 Å². The molecule has 2 heterocycles. The van der Waals surface area contributed by atoms with Crippen molar-refractivity contribution < 1.29 is 14.3 Å². The van der Waals surface area contributed by atoms with Crippen molar-refractivity contribution in [1.82, 2.24) is 20.2 Å². The van der Waals surface area contributed by atoms with Gasteiger partial charge < -0.3 is 15.0 Å². The van der Waals surface area contributed by atoms with Crippen molar-refractivity contribution in [3.05, 3.63) is 77.6 Å². The van der Waals surface area contributed by atoms with Gasteiger partial charge in [-0.3, -0.25) is 9.59 Å². The fourth-order valence-corrected chi connectivity index (χ4v) is 3.64. The Morgan fingerprint density at radius 2 is 1.90 bits per heavy atom. The molecule has 1 N–H and O–H groups in total. The van der Waals surface area contributed by atoms with E-state index in [1.165, 1.54) is 0 Å². The van der Waals surface area contributed by atoms with Crippen LogP contribution in [0.2, 0.25) is 0 Å². The highest BCUT2D eigenvalue weighted by molar-refractivity contribution is 5.97. The summed E-state index contributed by atoms with van der Waals surface area (Å²) in [5.41, 5.74) is 2.99. The second-order valence-corrected chi connectivity index (χ2v) is 7.34. The molecule has 7 heteroatoms. The molecule has 2 amide bonds. The number of carbonyl (C=O) groups is 2. The van der Waals surface area contributed by atoms with Crippen LogP contribution >= 0.6 is 0 Å². The summed E-state index contributed by atoms with van der Waals surface area (Å²) in [7, 11) is 1.60. The Labute approximate surface area is 181 Å². The number of ether oxygens (including phenoxy) is 1. The topological polar surface area (TPSA) is 84.4 Å². The van der Waals surface area contributed by atoms with Crippen LogP contribution in [-0.4, -0.2) is 46.9 Å². The van der Waals surface area contributed by atoms with Crippen molar-refractivity contribution in [2.75, 3.05) is 20.2 Å². The Kier molecular flexibility index (Phi) is 6.21. The monoisotopic (exact) mass is 416 g/mol. The zero-order chi connectivity index (χ0) is 21.6. The van der Waals surface area contributed by atoms with Crippen LogP contribution in [0.3, 0.4) is 0 Å². The van der Waals surface area contributed by atoms with E-state index in [-0.39, 0.29) is 18.4 Å². The van der Waals surface area contributed by atoms with E-state index in [0.29, 0.717) is 36.6 Å². The lowest BCUT2D eigenvalue weighted by atomic mass is 10.1. The molecule has 1 aliphatic rings. The number of rotatable bonds is 6. The van der Waals surface area contributed by atoms with Gasteiger partial charge in [-0.05, 0) is 18.9 Å². The molecule has 3 aromatic rings. The number of methoxy groups -OCH3 is 1. The van der Waals surface area contributed by atoms with Crippen LogP contribution in [0.25, 0.3) is 11.4 Å². The molecule has 2 aromatic carbocycles. The maximum absolute atomic E-state index is 13.0. The maximum atomic E-state index is 13.0. The smallest absolute Gasteiger partial charge is 0.257 e. The number of fused-ring (bicyclic) bond motifs is 1. The second-order valence-electron chi connectivity index (χ2n) is 7.34. The zero-order valence-corrected chi connectivity index (χ0v) is 17.4. The van der Waals surface area contributed by atoms with Crippen LogP contribution in [-0.2, 0) is 17.8 Å². The molecule has 1 aromatic heterocycles. The molecular formula is C24H24N4O3. The van der Waals surface area contributed by atoms with Crippen LogP contribution in [0.1, 0.15) is 28.0 Å². The number of aromatic nitrogens is 2. The van der Waals surface area contributed by atoms with E-state index in [2.05, 4.69) is 15.3 Å². The predicted molar refractivity (Wildman–Crippen MR) is 117 cm³/mol. The van der Waals surface area contributed by atoms with Gasteiger partial charge in [0.2, 0.25) is 5.91 Å². The van der Waals surface area contributed by atoms with E-state index in [1.54, 1.807) is 18.2 Å². The van der Waals surface area contributed by atoms with Crippen molar-refractivity contribution >= 4 is 11.8 Å². The van der Waals surface area contributed by atoms with Gasteiger partial charge in [0.25, 0.3) is 5.91 Å². The third-order valence-electron chi connectivity index (χ3n) is 5.26. The molecule has 0 unspecified atom stereocenters. The molecule has 0 spiro atoms. The molecule has 1 aliphatic heterocycles. The minimum absolute atomic E-state index is 0.00609. The number of nitrogens with one attached hydrogen (secondary N) is 1. The molecule has 0 saturated carbocycles. The second kappa shape index (κ2) is 9.38. The Hall–Kier alpha value is -3.74. The molecule has 0 aliphatic carbocycles. The molecule has 7 nitrogen and oxygen atoms in total. The number of para-hydroxylation sites is 1. The molecule has 4 rings (SSSR count). The summed E-state index contributed by atoms with van der Waals surface area (Å²) in [6.45, 7) is 0.830. The first-order valence-corrected chi connectivity index (χ1v) is 10.2. The van der Waals surface area contributed by atoms with Crippen LogP contribution in [0.5, 0.6) is 5.75 Å². The molecule has 0 bridgehead atoms. The minimum atomic E-state index is -0.218. The third kappa shape index (κ3) is 4.71. The molecule has 158 valence electrons. The highest BCUT2D eigenvalue weighted by Crippen LogP contribution is 2.21. The standard InChI is InChI=1S/C24H24N4O3/c1-31-21-12-6-5-10-18(21)14-25-22(29)16-28-13-7-11-20-19(24(28)30)15-26-23(27-20)17-8-3-2-4-9-17/h2-6,8-10,12,15H,7,11,13-14,16H2,1H3,(H,25,29). The van der Waals surface area contributed by atoms with Crippen molar-refractivity contribution in [3.8, 4) is 17.1 Å². The number of hydrogen-bond acceptors (Lipinski definition) is 5. The third-order valence-corrected chi connectivity index (χ3v) is 5.26. The van der Waals surface area contributed by atoms with Gasteiger partial charge in [0.15, 0.2) is 5.82 Å². The van der Waals surface area contributed by atoms with Crippen molar-refractivity contribution in [3.63, 3.8) is 0 Å². The zero-order valence-electron chi connectivity index (χ0n) is 17.4. The highest BCUT2D eigenvalue weighted by atomic mass is 16.5. The normalized spacial score (nSPS) is 13.3. The average Bonchev–Trinajstić information content (AvgIpc) is 2.96. The molecule has 0 atom stereocenters. The highest BCUT2D eigenvalue weighted by Gasteiger charge is 2.26. The number of aryl methyl sites for hydroxylation is 1. The van der Waals surface area contributed by atoms with E-state index < -0.39 is 0 Å². The lowest BCUT2D eigenvalue weighted by molar-refractivity contribution is -0.122. The number of amides is 2. The fraction of sp³-hybridized carbons (Fsp3) is 0.250. The summed E-state index contributed by atoms with van der Waals surface area (Å²) in [5, 5.41) is 2.87. The van der Waals surface area contributed by atoms with Crippen LogP contribution in [0.15, 0.2) is 60.8 Å². The van der Waals surface area contributed by atoms with Crippen LogP contribution in [0, 0.1) is 0 Å². The Bertz CT molecular complexity index is 1090. The first-order valence-electron chi connectivity index (χ1n) is 10.2. The Morgan fingerprint density at radius 3 is 2.71 bits per heavy atom. The first kappa shape index (κ1) is 20.5. The van der Waals surface area contributed by atoms with Crippen molar-refractivity contribution in [1.29, 1.82) is 0 Å². The van der Waals surface area contributed by atoms with E-state index in [4.69, 9.17) is 4.74 Å². The van der Waals surface area contributed by atoms with Crippen molar-refractivity contribution in [2.45, 2.75) is 19.4 Å². The molecule has 0 radical (unpaired) electrons. The molecule has 0 saturated heterocycles. The van der Waals surface area contributed by atoms with Gasteiger partial charge in [-0.2, -0.15) is 0 Å². The maximum Gasteiger partial charge on any atom is 0.257 e. The SMILES string of the molecule is COc1ccccc1CNC(=O)CN1CCCc2nc(-c3ccccc3)ncc2C1=O. The van der Waals surface area contributed by atoms with E-state index in [0.717, 1.165) is 23.2 Å². The number of benzene rings is 2. The fourth-order valence-electron chi connectivity index (χ4n) is 3.64. The molecule has 31 heavy (non-hydrogen) atoms. The molecule has 0 fully saturated rings. The Balaban J connectivity index is 1.44. The van der Waals surface area contributed by atoms with Crippen LogP contribution < -0.4 is 10.1 Å². The van der Waals surface area contributed by atoms with Gasteiger partial charge in [0.1, 0.15) is 5.75 Å². The number of nitrogens with zero attached hydrogens (tertiary/aromatic N) is 3. The first-order chi connectivity index (χ1) is 15.2. The summed E-state index contributed by atoms with van der Waals surface area (Å²) in [6, 6.07) is 17.2. The van der Waals surface area contributed by atoms with Gasteiger partial charge >= 0.3 is 0 Å². The van der Waals surface area contributed by atoms with Gasteiger partial charge in [-0.15, -0.1) is 0 Å². The largest absolute Gasteiger partial charge is 0.496 e. The predicted octanol–water partition coefficient (Wildman–Crippen LogP) is 2.86. The Morgan fingerprint density at radius 1 is 1.13 bits per heavy atom. The number of carbonyl (C=O) groups excluding carboxylic acids is 2. The summed E-state index contributed by atoms with van der Waals surface area (Å²) >= 11 is 0. The number of hydrogen-bond donors (Lipinski definition) is 1. The lowest BCUT2D eigenvalue weighted by Crippen LogP contribution is -2.40. The van der Waals surface area contributed by atoms with Gasteiger partial charge in [-0.1, -0.05) is 48.5 Å². The molecular weight excluding hydrogens is 392 g/mol. The average molecular weight is 416 g/mol. The van der Waals surface area contributed by atoms with Crippen LogP contribution in [0.4, 0.5) is 0 Å². The summed E-state index contributed by atoms with van der Waals surface area (Å²) in [5.74, 6) is 0.896. The van der Waals surface area contributed by atoms with Gasteiger partial charge in [-0.25, -0.2) is 9.97 Å². The van der Waals surface area contributed by atoms with E-state index in [1.807, 2.05) is 54.6 Å². The van der Waals surface area contributed by atoms with E-state index in [9.17, 15) is 9.59 Å². The lowest BCUT2D eigenvalue weighted by Gasteiger charge is -2.20. The quantitative estimate of drug-likeness (QED) is 0.668. The minimum Gasteiger partial charge on any atom is -0.496 e. The van der Waals surface area contributed by atoms with Gasteiger partial charge in [0, 0.05) is 30.4 Å². The summed E-state index contributed by atoms with van der Waals surface area (Å²) in [4.78, 5) is 36.1. The van der Waals surface area contributed by atoms with Crippen molar-refractivity contribution in [2.24, 2.45) is 0 Å². The van der Waals surface area contributed by atoms with E-state index >= 15 is 0 Å². The summed E-state index contributed by atoms with van der Waals surface area (Å²) < 4.78 is 5.31.